The first-order chi connectivity index (χ1) is 7.74. The zero-order valence-corrected chi connectivity index (χ0v) is 10.4. The summed E-state index contributed by atoms with van der Waals surface area (Å²) >= 11 is 0. The average molecular weight is 222 g/mol. The molecule has 0 spiro atoms. The van der Waals surface area contributed by atoms with Crippen molar-refractivity contribution in [2.75, 3.05) is 6.54 Å². The van der Waals surface area contributed by atoms with Crippen LogP contribution in [0.2, 0.25) is 0 Å². The largest absolute Gasteiger partial charge is 0.347 e. The third kappa shape index (κ3) is 5.29. The number of carbonyl (C=O) groups is 1. The molecule has 0 aliphatic carbocycles. The Balaban J connectivity index is 0. The molecule has 0 unspecified atom stereocenters. The van der Waals surface area contributed by atoms with E-state index in [1.54, 1.807) is 12.3 Å². The van der Waals surface area contributed by atoms with Gasteiger partial charge in [-0.05, 0) is 25.5 Å². The molecule has 90 valence electrons. The van der Waals surface area contributed by atoms with Gasteiger partial charge in [-0.1, -0.05) is 32.1 Å². The highest BCUT2D eigenvalue weighted by Crippen LogP contribution is 1.97. The van der Waals surface area contributed by atoms with Gasteiger partial charge >= 0.3 is 0 Å². The topological polar surface area (TPSA) is 42.0 Å². The predicted molar refractivity (Wildman–Crippen MR) is 69.6 cm³/mol. The van der Waals surface area contributed by atoms with Crippen LogP contribution in [0, 0.1) is 6.92 Å². The van der Waals surface area contributed by atoms with Gasteiger partial charge in [0.25, 0.3) is 5.91 Å². The molecule has 3 nitrogen and oxygen atoms in total. The molecule has 16 heavy (non-hydrogen) atoms. The molecule has 0 saturated carbocycles. The molecule has 1 aromatic rings. The summed E-state index contributed by atoms with van der Waals surface area (Å²) in [5.74, 6) is -0.136. The standard InChI is InChI=1S/C11H14N2O.C2H6.H2/c1-3-4-7-12-11(14)10-6-5-9(2)8-13-10;1-2;/h3-6,8H,7H2,1-2H3,(H,12,14);1-2H3;1H/b4-3+;;. The molecule has 1 heterocycles. The molecule has 3 heteroatoms. The maximum absolute atomic E-state index is 11.4. The van der Waals surface area contributed by atoms with Crippen LogP contribution in [0.3, 0.4) is 0 Å². The molecule has 0 fully saturated rings. The molecule has 1 rings (SSSR count). The molecule has 0 aliphatic heterocycles. The van der Waals surface area contributed by atoms with Crippen LogP contribution in [0.4, 0.5) is 0 Å². The fraction of sp³-hybridized carbons (Fsp3) is 0.385. The lowest BCUT2D eigenvalue weighted by molar-refractivity contribution is 0.0953. The molecule has 1 N–H and O–H groups in total. The van der Waals surface area contributed by atoms with Crippen LogP contribution in [0.15, 0.2) is 30.5 Å². The van der Waals surface area contributed by atoms with Crippen molar-refractivity contribution in [1.82, 2.24) is 10.3 Å². The van der Waals surface area contributed by atoms with E-state index in [1.807, 2.05) is 45.9 Å². The van der Waals surface area contributed by atoms with Gasteiger partial charge in [0.15, 0.2) is 0 Å². The number of hydrogen-bond acceptors (Lipinski definition) is 2. The summed E-state index contributed by atoms with van der Waals surface area (Å²) < 4.78 is 0. The van der Waals surface area contributed by atoms with E-state index in [0.29, 0.717) is 12.2 Å². The van der Waals surface area contributed by atoms with Crippen LogP contribution in [0.5, 0.6) is 0 Å². The van der Waals surface area contributed by atoms with Crippen LogP contribution >= 0.6 is 0 Å². The number of carbonyl (C=O) groups excluding carboxylic acids is 1. The summed E-state index contributed by atoms with van der Waals surface area (Å²) in [5, 5.41) is 2.73. The summed E-state index contributed by atoms with van der Waals surface area (Å²) in [4.78, 5) is 15.4. The fourth-order valence-corrected chi connectivity index (χ4v) is 0.962. The molecule has 0 atom stereocenters. The molecular weight excluding hydrogens is 200 g/mol. The molecule has 0 aliphatic rings. The van der Waals surface area contributed by atoms with Gasteiger partial charge in [-0.3, -0.25) is 9.78 Å². The van der Waals surface area contributed by atoms with Gasteiger partial charge < -0.3 is 5.32 Å². The summed E-state index contributed by atoms with van der Waals surface area (Å²) in [5.41, 5.74) is 1.51. The lowest BCUT2D eigenvalue weighted by atomic mass is 10.2. The molecule has 0 aromatic carbocycles. The van der Waals surface area contributed by atoms with E-state index in [-0.39, 0.29) is 7.33 Å². The Labute approximate surface area is 99.1 Å². The predicted octanol–water partition coefficient (Wildman–Crippen LogP) is 2.97. The Morgan fingerprint density at radius 1 is 1.50 bits per heavy atom. The number of nitrogens with zero attached hydrogens (tertiary/aromatic N) is 1. The number of aromatic nitrogens is 1. The van der Waals surface area contributed by atoms with Crippen molar-refractivity contribution in [3.8, 4) is 0 Å². The number of nitrogens with one attached hydrogen (secondary N) is 1. The molecule has 1 amide bonds. The van der Waals surface area contributed by atoms with E-state index in [0.717, 1.165) is 5.56 Å². The van der Waals surface area contributed by atoms with Crippen molar-refractivity contribution >= 4 is 5.91 Å². The van der Waals surface area contributed by atoms with Gasteiger partial charge in [0, 0.05) is 14.2 Å². The normalized spacial score (nSPS) is 9.50. The van der Waals surface area contributed by atoms with Gasteiger partial charge in [-0.15, -0.1) is 0 Å². The second kappa shape index (κ2) is 8.65. The zero-order valence-electron chi connectivity index (χ0n) is 10.4. The third-order valence-corrected chi connectivity index (χ3v) is 1.76. The number of rotatable bonds is 3. The highest BCUT2D eigenvalue weighted by molar-refractivity contribution is 5.92. The Morgan fingerprint density at radius 3 is 2.69 bits per heavy atom. The molecule has 0 radical (unpaired) electrons. The van der Waals surface area contributed by atoms with Gasteiger partial charge in [0.1, 0.15) is 5.69 Å². The van der Waals surface area contributed by atoms with Crippen LogP contribution in [-0.4, -0.2) is 17.4 Å². The van der Waals surface area contributed by atoms with E-state index in [2.05, 4.69) is 10.3 Å². The van der Waals surface area contributed by atoms with E-state index in [4.69, 9.17) is 0 Å². The first kappa shape index (κ1) is 14.4. The minimum absolute atomic E-state index is 0. The number of aryl methyl sites for hydroxylation is 1. The molecule has 0 saturated heterocycles. The van der Waals surface area contributed by atoms with Crippen molar-refractivity contribution in [2.24, 2.45) is 0 Å². The van der Waals surface area contributed by atoms with Gasteiger partial charge in [0.2, 0.25) is 0 Å². The minimum Gasteiger partial charge on any atom is -0.347 e. The highest BCUT2D eigenvalue weighted by Gasteiger charge is 2.03. The first-order valence-electron chi connectivity index (χ1n) is 5.56. The monoisotopic (exact) mass is 222 g/mol. The van der Waals surface area contributed by atoms with Crippen molar-refractivity contribution in [2.45, 2.75) is 27.7 Å². The first-order valence-corrected chi connectivity index (χ1v) is 5.56. The van der Waals surface area contributed by atoms with Gasteiger partial charge in [-0.25, -0.2) is 0 Å². The SMILES string of the molecule is C/C=C/CNC(=O)c1ccc(C)cn1.CC.[HH]. The summed E-state index contributed by atoms with van der Waals surface area (Å²) in [6.45, 7) is 8.40. The second-order valence-electron chi connectivity index (χ2n) is 3.00. The van der Waals surface area contributed by atoms with Crippen LogP contribution < -0.4 is 5.32 Å². The van der Waals surface area contributed by atoms with Crippen LogP contribution in [-0.2, 0) is 0 Å². The maximum Gasteiger partial charge on any atom is 0.270 e. The Bertz CT molecular complexity index is 334. The van der Waals surface area contributed by atoms with Crippen molar-refractivity contribution in [3.05, 3.63) is 41.7 Å². The smallest absolute Gasteiger partial charge is 0.270 e. The fourth-order valence-electron chi connectivity index (χ4n) is 0.962. The quantitative estimate of drug-likeness (QED) is 0.799. The molecule has 0 bridgehead atoms. The Kier molecular flexibility index (Phi) is 7.76. The molecule has 1 aromatic heterocycles. The van der Waals surface area contributed by atoms with Crippen molar-refractivity contribution in [1.29, 1.82) is 0 Å². The number of allylic oxidation sites excluding steroid dienone is 1. The molecular formula is C13H22N2O. The van der Waals surface area contributed by atoms with Crippen molar-refractivity contribution in [3.63, 3.8) is 0 Å². The summed E-state index contributed by atoms with van der Waals surface area (Å²) in [6.07, 6.45) is 5.46. The van der Waals surface area contributed by atoms with Crippen molar-refractivity contribution < 1.29 is 6.22 Å². The number of hydrogen-bond donors (Lipinski definition) is 1. The number of pyridine rings is 1. The third-order valence-electron chi connectivity index (χ3n) is 1.76. The van der Waals surface area contributed by atoms with Crippen LogP contribution in [0.25, 0.3) is 0 Å². The zero-order chi connectivity index (χ0) is 12.4. The Morgan fingerprint density at radius 2 is 2.19 bits per heavy atom. The van der Waals surface area contributed by atoms with E-state index < -0.39 is 0 Å². The summed E-state index contributed by atoms with van der Waals surface area (Å²) in [6, 6.07) is 3.60. The second-order valence-corrected chi connectivity index (χ2v) is 3.00. The summed E-state index contributed by atoms with van der Waals surface area (Å²) in [7, 11) is 0. The van der Waals surface area contributed by atoms with E-state index in [1.165, 1.54) is 0 Å². The van der Waals surface area contributed by atoms with Gasteiger partial charge in [0.05, 0.1) is 0 Å². The maximum atomic E-state index is 11.4. The van der Waals surface area contributed by atoms with Gasteiger partial charge in [-0.2, -0.15) is 0 Å². The lowest BCUT2D eigenvalue weighted by Crippen LogP contribution is -2.24. The van der Waals surface area contributed by atoms with E-state index in [9.17, 15) is 4.79 Å². The van der Waals surface area contributed by atoms with E-state index >= 15 is 0 Å². The average Bonchev–Trinajstić information content (AvgIpc) is 2.33. The minimum atomic E-state index is -0.136. The lowest BCUT2D eigenvalue weighted by Gasteiger charge is -2.01. The Hall–Kier alpha value is -1.64. The number of amides is 1. The van der Waals surface area contributed by atoms with Crippen LogP contribution in [0.1, 0.15) is 38.2 Å². The highest BCUT2D eigenvalue weighted by atomic mass is 16.1.